The first-order chi connectivity index (χ1) is 9.77. The molecule has 5 nitrogen and oxygen atoms in total. The van der Waals surface area contributed by atoms with Crippen LogP contribution in [0.2, 0.25) is 0 Å². The molecule has 2 heterocycles. The van der Waals surface area contributed by atoms with Crippen LogP contribution in [0.4, 0.5) is 4.39 Å². The van der Waals surface area contributed by atoms with Gasteiger partial charge in [0.2, 0.25) is 0 Å². The number of hydrogen-bond donors (Lipinski definition) is 1. The van der Waals surface area contributed by atoms with E-state index in [2.05, 4.69) is 14.8 Å². The number of aromatic nitrogens is 3. The smallest absolute Gasteiger partial charge is 0.161 e. The maximum absolute atomic E-state index is 12.9. The van der Waals surface area contributed by atoms with Gasteiger partial charge in [-0.25, -0.2) is 23.0 Å². The number of hydrogen-bond acceptors (Lipinski definition) is 3. The van der Waals surface area contributed by atoms with Crippen molar-refractivity contribution in [3.63, 3.8) is 0 Å². The van der Waals surface area contributed by atoms with E-state index in [9.17, 15) is 8.60 Å². The highest BCUT2D eigenvalue weighted by Crippen LogP contribution is 2.17. The molecule has 0 aliphatic rings. The lowest BCUT2D eigenvalue weighted by molar-refractivity contribution is 0.615. The normalized spacial score (nSPS) is 14.9. The summed E-state index contributed by atoms with van der Waals surface area (Å²) in [6, 6.07) is 3.51. The molecule has 0 aliphatic heterocycles. The number of pyridine rings is 1. The molecule has 0 radical (unpaired) electrons. The predicted octanol–water partition coefficient (Wildman–Crippen LogP) is 2.52. The first-order valence-electron chi connectivity index (χ1n) is 6.62. The van der Waals surface area contributed by atoms with Crippen LogP contribution in [0.15, 0.2) is 30.7 Å². The van der Waals surface area contributed by atoms with Crippen molar-refractivity contribution in [1.29, 1.82) is 0 Å². The molecule has 2 aromatic heterocycles. The molecule has 0 aliphatic carbocycles. The van der Waals surface area contributed by atoms with Crippen molar-refractivity contribution >= 4 is 11.0 Å². The summed E-state index contributed by atoms with van der Waals surface area (Å²) in [5.74, 6) is 0.128. The van der Waals surface area contributed by atoms with Crippen molar-refractivity contribution in [2.24, 2.45) is 0 Å². The van der Waals surface area contributed by atoms with Gasteiger partial charge < -0.3 is 0 Å². The lowest BCUT2D eigenvalue weighted by Crippen LogP contribution is -2.34. The van der Waals surface area contributed by atoms with Crippen molar-refractivity contribution < 1.29 is 8.60 Å². The minimum atomic E-state index is -1.15. The third-order valence-corrected chi connectivity index (χ3v) is 4.58. The molecule has 2 aromatic rings. The van der Waals surface area contributed by atoms with E-state index in [0.29, 0.717) is 5.82 Å². The zero-order valence-corrected chi connectivity index (χ0v) is 13.3. The molecule has 2 atom stereocenters. The molecule has 0 aromatic carbocycles. The minimum absolute atomic E-state index is 0.0963. The summed E-state index contributed by atoms with van der Waals surface area (Å²) in [5, 5.41) is 3.86. The molecule has 1 unspecified atom stereocenters. The third-order valence-electron chi connectivity index (χ3n) is 2.90. The van der Waals surface area contributed by atoms with Gasteiger partial charge in [-0.05, 0) is 39.3 Å². The fourth-order valence-electron chi connectivity index (χ4n) is 1.62. The zero-order valence-electron chi connectivity index (χ0n) is 12.5. The van der Waals surface area contributed by atoms with Gasteiger partial charge in [-0.15, -0.1) is 0 Å². The van der Waals surface area contributed by atoms with Gasteiger partial charge in [0.05, 0.1) is 28.1 Å². The van der Waals surface area contributed by atoms with Gasteiger partial charge >= 0.3 is 0 Å². The first kappa shape index (κ1) is 15.8. The summed E-state index contributed by atoms with van der Waals surface area (Å²) in [7, 11) is -1.15. The van der Waals surface area contributed by atoms with E-state index < -0.39 is 16.8 Å². The third kappa shape index (κ3) is 3.95. The van der Waals surface area contributed by atoms with Crippen molar-refractivity contribution in [2.75, 3.05) is 0 Å². The molecule has 2 rings (SSSR count). The van der Waals surface area contributed by atoms with E-state index in [-0.39, 0.29) is 10.8 Å². The van der Waals surface area contributed by atoms with E-state index in [1.165, 1.54) is 10.9 Å². The largest absolute Gasteiger partial charge is 0.242 e. The predicted molar refractivity (Wildman–Crippen MR) is 80.8 cm³/mol. The van der Waals surface area contributed by atoms with E-state index in [4.69, 9.17) is 0 Å². The van der Waals surface area contributed by atoms with Crippen LogP contribution >= 0.6 is 0 Å². The maximum atomic E-state index is 12.9. The van der Waals surface area contributed by atoms with Crippen LogP contribution in [0.25, 0.3) is 5.82 Å². The Morgan fingerprint density at radius 2 is 2.05 bits per heavy atom. The zero-order chi connectivity index (χ0) is 15.6. The van der Waals surface area contributed by atoms with E-state index in [1.54, 1.807) is 12.3 Å². The summed E-state index contributed by atoms with van der Waals surface area (Å²) >= 11 is 0. The van der Waals surface area contributed by atoms with Crippen LogP contribution in [0.1, 0.15) is 39.3 Å². The van der Waals surface area contributed by atoms with Crippen molar-refractivity contribution in [3.8, 4) is 5.82 Å². The summed E-state index contributed by atoms with van der Waals surface area (Å²) in [5.41, 5.74) is 0.906. The molecule has 114 valence electrons. The molecular weight excluding hydrogens is 291 g/mol. The maximum Gasteiger partial charge on any atom is 0.161 e. The fraction of sp³-hybridized carbons (Fsp3) is 0.429. The average molecular weight is 310 g/mol. The second-order valence-corrected chi connectivity index (χ2v) is 7.77. The van der Waals surface area contributed by atoms with Crippen molar-refractivity contribution in [3.05, 3.63) is 42.1 Å². The number of rotatable bonds is 4. The van der Waals surface area contributed by atoms with Crippen LogP contribution in [-0.2, 0) is 11.0 Å². The average Bonchev–Trinajstić information content (AvgIpc) is 2.84. The van der Waals surface area contributed by atoms with Crippen molar-refractivity contribution in [2.45, 2.75) is 38.5 Å². The van der Waals surface area contributed by atoms with Gasteiger partial charge in [-0.3, -0.25) is 0 Å². The Kier molecular flexibility index (Phi) is 4.53. The summed E-state index contributed by atoms with van der Waals surface area (Å²) in [6.07, 6.45) is 4.07. The van der Waals surface area contributed by atoms with Crippen LogP contribution < -0.4 is 4.72 Å². The molecule has 0 bridgehead atoms. The Bertz CT molecular complexity index is 633. The Hall–Kier alpha value is -1.60. The second kappa shape index (κ2) is 6.03. The monoisotopic (exact) mass is 310 g/mol. The topological polar surface area (TPSA) is 59.8 Å². The molecule has 7 heteroatoms. The minimum Gasteiger partial charge on any atom is -0.242 e. The van der Waals surface area contributed by atoms with Gasteiger partial charge in [0.25, 0.3) is 0 Å². The molecular formula is C14H19FN4OS. The Morgan fingerprint density at radius 1 is 1.33 bits per heavy atom. The molecule has 1 N–H and O–H groups in total. The molecule has 21 heavy (non-hydrogen) atoms. The van der Waals surface area contributed by atoms with Crippen LogP contribution in [0.5, 0.6) is 0 Å². The summed E-state index contributed by atoms with van der Waals surface area (Å²) in [6.45, 7) is 7.66. The number of nitrogens with one attached hydrogen (secondary N) is 1. The van der Waals surface area contributed by atoms with Crippen LogP contribution in [0.3, 0.4) is 0 Å². The van der Waals surface area contributed by atoms with Gasteiger partial charge in [0.1, 0.15) is 0 Å². The molecule has 0 saturated carbocycles. The van der Waals surface area contributed by atoms with E-state index in [0.717, 1.165) is 11.8 Å². The van der Waals surface area contributed by atoms with E-state index >= 15 is 0 Å². The van der Waals surface area contributed by atoms with E-state index in [1.807, 2.05) is 33.8 Å². The Morgan fingerprint density at radius 3 is 2.52 bits per heavy atom. The summed E-state index contributed by atoms with van der Waals surface area (Å²) < 4.78 is 29.1. The quantitative estimate of drug-likeness (QED) is 0.944. The van der Waals surface area contributed by atoms with Gasteiger partial charge in [-0.2, -0.15) is 5.10 Å². The number of halogens is 1. The fourth-order valence-corrected chi connectivity index (χ4v) is 2.43. The van der Waals surface area contributed by atoms with Gasteiger partial charge in [0, 0.05) is 12.2 Å². The standard InChI is InChI=1S/C14H19FN4OS/c1-10(18-21(20)14(2,3)4)11-5-6-13(16-7-11)19-9-12(15)8-17-19/h5-10,18H,1-4H3/t10?,21-/m1/s1. The van der Waals surface area contributed by atoms with Crippen LogP contribution in [0, 0.1) is 5.82 Å². The van der Waals surface area contributed by atoms with Crippen LogP contribution in [-0.4, -0.2) is 23.7 Å². The number of nitrogens with zero attached hydrogens (tertiary/aromatic N) is 3. The summed E-state index contributed by atoms with van der Waals surface area (Å²) in [4.78, 5) is 4.25. The molecule has 0 amide bonds. The highest BCUT2D eigenvalue weighted by Gasteiger charge is 2.21. The molecule has 0 spiro atoms. The first-order valence-corrected chi connectivity index (χ1v) is 7.77. The van der Waals surface area contributed by atoms with Crippen molar-refractivity contribution in [1.82, 2.24) is 19.5 Å². The molecule has 0 saturated heterocycles. The SMILES string of the molecule is CC(N[S@](=O)C(C)(C)C)c1ccc(-n2cc(F)cn2)nc1. The Labute approximate surface area is 126 Å². The lowest BCUT2D eigenvalue weighted by atomic mass is 10.1. The highest BCUT2D eigenvalue weighted by molar-refractivity contribution is 7.84. The molecule has 0 fully saturated rings. The second-order valence-electron chi connectivity index (χ2n) is 5.77. The Balaban J connectivity index is 2.10. The van der Waals surface area contributed by atoms with Gasteiger partial charge in [-0.1, -0.05) is 6.07 Å². The lowest BCUT2D eigenvalue weighted by Gasteiger charge is -2.22. The van der Waals surface area contributed by atoms with Gasteiger partial charge in [0.15, 0.2) is 11.6 Å². The highest BCUT2D eigenvalue weighted by atomic mass is 32.2.